The Labute approximate surface area is 157 Å². The van der Waals surface area contributed by atoms with Crippen LogP contribution in [0.4, 0.5) is 18.9 Å². The van der Waals surface area contributed by atoms with Crippen molar-refractivity contribution in [3.63, 3.8) is 0 Å². The zero-order chi connectivity index (χ0) is 20.1. The molecule has 142 valence electrons. The quantitative estimate of drug-likeness (QED) is 0.407. The standard InChI is InChI=1S/C20H14F3N3O2/c21-20(22,23)15-8-4-9-16(11-15)25-18(27)19(28)26-24-12-14-7-3-6-13-5-1-2-10-17(13)14/h1-12H,(H,25,27)(H,26,28)/b24-12+. The van der Waals surface area contributed by atoms with Crippen LogP contribution in [0.25, 0.3) is 10.8 Å². The van der Waals surface area contributed by atoms with E-state index in [0.717, 1.165) is 34.5 Å². The van der Waals surface area contributed by atoms with Crippen molar-refractivity contribution in [3.05, 3.63) is 77.9 Å². The molecular formula is C20H14F3N3O2. The number of alkyl halides is 3. The maximum absolute atomic E-state index is 12.7. The van der Waals surface area contributed by atoms with Crippen LogP contribution in [-0.4, -0.2) is 18.0 Å². The van der Waals surface area contributed by atoms with Gasteiger partial charge in [0.2, 0.25) is 0 Å². The smallest absolute Gasteiger partial charge is 0.318 e. The predicted molar refractivity (Wildman–Crippen MR) is 99.8 cm³/mol. The van der Waals surface area contributed by atoms with Gasteiger partial charge in [-0.05, 0) is 29.0 Å². The topological polar surface area (TPSA) is 70.6 Å². The minimum absolute atomic E-state index is 0.145. The Balaban J connectivity index is 1.65. The summed E-state index contributed by atoms with van der Waals surface area (Å²) in [6, 6.07) is 17.1. The molecule has 3 aromatic carbocycles. The molecule has 3 rings (SSSR count). The van der Waals surface area contributed by atoms with Gasteiger partial charge in [-0.1, -0.05) is 48.5 Å². The highest BCUT2D eigenvalue weighted by Gasteiger charge is 2.30. The highest BCUT2D eigenvalue weighted by molar-refractivity contribution is 6.39. The van der Waals surface area contributed by atoms with Gasteiger partial charge in [-0.15, -0.1) is 0 Å². The molecule has 0 aliphatic heterocycles. The number of halogens is 3. The van der Waals surface area contributed by atoms with Crippen molar-refractivity contribution in [2.24, 2.45) is 5.10 Å². The predicted octanol–water partition coefficient (Wildman–Crippen LogP) is 3.95. The van der Waals surface area contributed by atoms with Crippen LogP contribution < -0.4 is 10.7 Å². The summed E-state index contributed by atoms with van der Waals surface area (Å²) in [7, 11) is 0. The second kappa shape index (κ2) is 7.91. The van der Waals surface area contributed by atoms with Crippen molar-refractivity contribution in [1.82, 2.24) is 5.43 Å². The molecule has 0 bridgehead atoms. The summed E-state index contributed by atoms with van der Waals surface area (Å²) >= 11 is 0. The summed E-state index contributed by atoms with van der Waals surface area (Å²) in [6.07, 6.45) is -3.16. The fourth-order valence-electron chi connectivity index (χ4n) is 2.54. The van der Waals surface area contributed by atoms with E-state index in [-0.39, 0.29) is 5.69 Å². The third kappa shape index (κ3) is 4.53. The van der Waals surface area contributed by atoms with Gasteiger partial charge in [-0.25, -0.2) is 5.43 Å². The second-order valence-corrected chi connectivity index (χ2v) is 5.80. The lowest BCUT2D eigenvalue weighted by Gasteiger charge is -2.09. The van der Waals surface area contributed by atoms with Crippen molar-refractivity contribution < 1.29 is 22.8 Å². The lowest BCUT2D eigenvalue weighted by atomic mass is 10.1. The number of amides is 2. The monoisotopic (exact) mass is 385 g/mol. The van der Waals surface area contributed by atoms with Gasteiger partial charge in [0.25, 0.3) is 0 Å². The number of hydrogen-bond acceptors (Lipinski definition) is 3. The number of benzene rings is 3. The number of fused-ring (bicyclic) bond motifs is 1. The van der Waals surface area contributed by atoms with Crippen LogP contribution in [0, 0.1) is 0 Å². The number of rotatable bonds is 3. The largest absolute Gasteiger partial charge is 0.416 e. The van der Waals surface area contributed by atoms with E-state index >= 15 is 0 Å². The van der Waals surface area contributed by atoms with E-state index in [4.69, 9.17) is 0 Å². The number of anilines is 1. The van der Waals surface area contributed by atoms with Crippen LogP contribution in [0.2, 0.25) is 0 Å². The minimum Gasteiger partial charge on any atom is -0.318 e. The molecule has 0 unspecified atom stereocenters. The molecule has 0 radical (unpaired) electrons. The molecule has 2 amide bonds. The van der Waals surface area contributed by atoms with Crippen molar-refractivity contribution in [1.29, 1.82) is 0 Å². The van der Waals surface area contributed by atoms with Crippen LogP contribution in [0.1, 0.15) is 11.1 Å². The molecule has 0 aromatic heterocycles. The van der Waals surface area contributed by atoms with Crippen LogP contribution in [-0.2, 0) is 15.8 Å². The van der Waals surface area contributed by atoms with Gasteiger partial charge in [0.05, 0.1) is 11.8 Å². The Morgan fingerprint density at radius 3 is 2.39 bits per heavy atom. The van der Waals surface area contributed by atoms with Gasteiger partial charge in [-0.3, -0.25) is 9.59 Å². The molecule has 28 heavy (non-hydrogen) atoms. The Morgan fingerprint density at radius 2 is 1.61 bits per heavy atom. The molecular weight excluding hydrogens is 371 g/mol. The number of carbonyl (C=O) groups is 2. The summed E-state index contributed by atoms with van der Waals surface area (Å²) in [4.78, 5) is 23.7. The molecule has 3 aromatic rings. The molecule has 0 atom stereocenters. The Hall–Kier alpha value is -3.68. The molecule has 8 heteroatoms. The van der Waals surface area contributed by atoms with Crippen LogP contribution in [0.15, 0.2) is 71.8 Å². The normalized spacial score (nSPS) is 11.5. The number of hydrogen-bond donors (Lipinski definition) is 2. The van der Waals surface area contributed by atoms with Gasteiger partial charge in [-0.2, -0.15) is 18.3 Å². The average Bonchev–Trinajstić information content (AvgIpc) is 2.67. The Morgan fingerprint density at radius 1 is 0.893 bits per heavy atom. The number of hydrazone groups is 1. The molecule has 2 N–H and O–H groups in total. The van der Waals surface area contributed by atoms with Gasteiger partial charge >= 0.3 is 18.0 Å². The molecule has 0 heterocycles. The van der Waals surface area contributed by atoms with E-state index in [1.165, 1.54) is 12.3 Å². The fraction of sp³-hybridized carbons (Fsp3) is 0.0500. The first-order valence-electron chi connectivity index (χ1n) is 8.14. The lowest BCUT2D eigenvalue weighted by molar-refractivity contribution is -0.137. The summed E-state index contributed by atoms with van der Waals surface area (Å²) in [5.74, 6) is -2.23. The molecule has 5 nitrogen and oxygen atoms in total. The number of nitrogens with zero attached hydrogens (tertiary/aromatic N) is 1. The van der Waals surface area contributed by atoms with Crippen molar-refractivity contribution >= 4 is 34.5 Å². The highest BCUT2D eigenvalue weighted by Crippen LogP contribution is 2.30. The molecule has 0 saturated carbocycles. The summed E-state index contributed by atoms with van der Waals surface area (Å²) in [6.45, 7) is 0. The molecule has 0 fully saturated rings. The van der Waals surface area contributed by atoms with Crippen LogP contribution >= 0.6 is 0 Å². The Kier molecular flexibility index (Phi) is 5.39. The zero-order valence-electron chi connectivity index (χ0n) is 14.3. The van der Waals surface area contributed by atoms with Gasteiger partial charge in [0.1, 0.15) is 0 Å². The van der Waals surface area contributed by atoms with E-state index in [1.54, 1.807) is 6.07 Å². The summed E-state index contributed by atoms with van der Waals surface area (Å²) < 4.78 is 38.1. The molecule has 0 spiro atoms. The second-order valence-electron chi connectivity index (χ2n) is 5.80. The van der Waals surface area contributed by atoms with Gasteiger partial charge in [0.15, 0.2) is 0 Å². The maximum Gasteiger partial charge on any atom is 0.416 e. The SMILES string of the molecule is O=C(N/N=C/c1cccc2ccccc12)C(=O)Nc1cccc(C(F)(F)F)c1. The average molecular weight is 385 g/mol. The van der Waals surface area contributed by atoms with Crippen molar-refractivity contribution in [2.45, 2.75) is 6.18 Å². The van der Waals surface area contributed by atoms with Crippen LogP contribution in [0.3, 0.4) is 0 Å². The molecule has 0 aliphatic carbocycles. The third-order valence-corrected chi connectivity index (χ3v) is 3.85. The summed E-state index contributed by atoms with van der Waals surface area (Å²) in [5.41, 5.74) is 1.71. The van der Waals surface area contributed by atoms with Gasteiger partial charge < -0.3 is 5.32 Å². The number of nitrogens with one attached hydrogen (secondary N) is 2. The molecule has 0 aliphatic rings. The van der Waals surface area contributed by atoms with Gasteiger partial charge in [0, 0.05) is 11.3 Å². The lowest BCUT2D eigenvalue weighted by Crippen LogP contribution is -2.32. The van der Waals surface area contributed by atoms with Crippen molar-refractivity contribution in [3.8, 4) is 0 Å². The summed E-state index contributed by atoms with van der Waals surface area (Å²) in [5, 5.41) is 7.75. The fourth-order valence-corrected chi connectivity index (χ4v) is 2.54. The maximum atomic E-state index is 12.7. The van der Waals surface area contributed by atoms with E-state index in [0.29, 0.717) is 0 Å². The first kappa shape index (κ1) is 19.1. The highest BCUT2D eigenvalue weighted by atomic mass is 19.4. The Bertz CT molecular complexity index is 1060. The minimum atomic E-state index is -4.55. The van der Waals surface area contributed by atoms with Crippen molar-refractivity contribution in [2.75, 3.05) is 5.32 Å². The van der Waals surface area contributed by atoms with E-state index in [2.05, 4.69) is 15.8 Å². The third-order valence-electron chi connectivity index (χ3n) is 3.85. The van der Waals surface area contributed by atoms with E-state index < -0.39 is 23.6 Å². The van der Waals surface area contributed by atoms with E-state index in [1.807, 2.05) is 36.4 Å². The zero-order valence-corrected chi connectivity index (χ0v) is 14.3. The van der Waals surface area contributed by atoms with E-state index in [9.17, 15) is 22.8 Å². The first-order valence-corrected chi connectivity index (χ1v) is 8.14. The first-order chi connectivity index (χ1) is 13.3. The van der Waals surface area contributed by atoms with Crippen LogP contribution in [0.5, 0.6) is 0 Å². The number of carbonyl (C=O) groups excluding carboxylic acids is 2. The molecule has 0 saturated heterocycles.